The Kier molecular flexibility index (Phi) is 2.80. The number of phenolic OH excluding ortho intramolecular Hbond substituents is 1. The van der Waals surface area contributed by atoms with Gasteiger partial charge in [0.15, 0.2) is 0 Å². The van der Waals surface area contributed by atoms with Crippen LogP contribution >= 0.6 is 0 Å². The molecule has 3 aromatic carbocycles. The number of hydrogen-bond acceptors (Lipinski definition) is 2. The molecule has 19 heavy (non-hydrogen) atoms. The van der Waals surface area contributed by atoms with Gasteiger partial charge in [0.2, 0.25) is 0 Å². The van der Waals surface area contributed by atoms with Crippen molar-refractivity contribution in [3.63, 3.8) is 0 Å². The van der Waals surface area contributed by atoms with Crippen LogP contribution in [-0.2, 0) is 0 Å². The van der Waals surface area contributed by atoms with Gasteiger partial charge in [0.1, 0.15) is 11.6 Å². The second-order valence-electron chi connectivity index (χ2n) is 4.34. The van der Waals surface area contributed by atoms with Gasteiger partial charge in [0.25, 0.3) is 0 Å². The van der Waals surface area contributed by atoms with Crippen LogP contribution in [-0.4, -0.2) is 5.11 Å². The smallest absolute Gasteiger partial charge is 0.123 e. The fourth-order valence-corrected chi connectivity index (χ4v) is 2.04. The molecule has 0 atom stereocenters. The number of anilines is 2. The lowest BCUT2D eigenvalue weighted by Crippen LogP contribution is -1.90. The summed E-state index contributed by atoms with van der Waals surface area (Å²) in [7, 11) is 0. The van der Waals surface area contributed by atoms with Crippen LogP contribution in [0, 0.1) is 5.82 Å². The van der Waals surface area contributed by atoms with Gasteiger partial charge in [-0.15, -0.1) is 0 Å². The zero-order chi connectivity index (χ0) is 13.2. The summed E-state index contributed by atoms with van der Waals surface area (Å²) < 4.78 is 12.8. The Balaban J connectivity index is 1.95. The first kappa shape index (κ1) is 11.5. The zero-order valence-electron chi connectivity index (χ0n) is 10.1. The summed E-state index contributed by atoms with van der Waals surface area (Å²) in [5.74, 6) is 0.0137. The molecule has 0 unspecified atom stereocenters. The lowest BCUT2D eigenvalue weighted by molar-refractivity contribution is 0.481. The van der Waals surface area contributed by atoms with E-state index in [1.165, 1.54) is 12.1 Å². The highest BCUT2D eigenvalue weighted by Gasteiger charge is 2.01. The molecule has 0 aliphatic rings. The van der Waals surface area contributed by atoms with Crippen LogP contribution in [0.1, 0.15) is 0 Å². The fourth-order valence-electron chi connectivity index (χ4n) is 2.04. The molecule has 3 heteroatoms. The number of phenols is 1. The van der Waals surface area contributed by atoms with Crippen LogP contribution in [0.4, 0.5) is 15.8 Å². The molecule has 2 N–H and O–H groups in total. The van der Waals surface area contributed by atoms with Crippen LogP contribution in [0.15, 0.2) is 60.7 Å². The Morgan fingerprint density at radius 2 is 1.58 bits per heavy atom. The first-order chi connectivity index (χ1) is 9.22. The largest absolute Gasteiger partial charge is 0.507 e. The van der Waals surface area contributed by atoms with Crippen molar-refractivity contribution in [2.45, 2.75) is 0 Å². The van der Waals surface area contributed by atoms with Crippen molar-refractivity contribution in [1.29, 1.82) is 0 Å². The first-order valence-electron chi connectivity index (χ1n) is 5.97. The summed E-state index contributed by atoms with van der Waals surface area (Å²) in [5.41, 5.74) is 1.71. The molecule has 0 heterocycles. The van der Waals surface area contributed by atoms with Crippen LogP contribution in [0.25, 0.3) is 10.8 Å². The van der Waals surface area contributed by atoms with Gasteiger partial charge in [-0.3, -0.25) is 0 Å². The normalized spacial score (nSPS) is 10.6. The lowest BCUT2D eigenvalue weighted by Gasteiger charge is -2.08. The minimum atomic E-state index is -0.256. The van der Waals surface area contributed by atoms with Crippen LogP contribution < -0.4 is 5.32 Å². The lowest BCUT2D eigenvalue weighted by atomic mass is 10.1. The molecule has 0 bridgehead atoms. The molecule has 3 aromatic rings. The number of hydrogen-bond donors (Lipinski definition) is 2. The average molecular weight is 253 g/mol. The van der Waals surface area contributed by atoms with Gasteiger partial charge in [-0.25, -0.2) is 4.39 Å². The van der Waals surface area contributed by atoms with Crippen LogP contribution in [0.5, 0.6) is 5.75 Å². The summed E-state index contributed by atoms with van der Waals surface area (Å²) >= 11 is 0. The van der Waals surface area contributed by atoms with Gasteiger partial charge in [0.05, 0.1) is 0 Å². The third kappa shape index (κ3) is 2.36. The van der Waals surface area contributed by atoms with E-state index in [4.69, 9.17) is 0 Å². The molecule has 0 aliphatic carbocycles. The van der Waals surface area contributed by atoms with E-state index in [-0.39, 0.29) is 11.6 Å². The summed E-state index contributed by atoms with van der Waals surface area (Å²) in [4.78, 5) is 0. The number of halogens is 1. The minimum Gasteiger partial charge on any atom is -0.507 e. The van der Waals surface area contributed by atoms with Crippen molar-refractivity contribution in [3.05, 3.63) is 66.5 Å². The third-order valence-electron chi connectivity index (χ3n) is 2.99. The summed E-state index contributed by atoms with van der Waals surface area (Å²) in [6.45, 7) is 0. The molecule has 94 valence electrons. The fraction of sp³-hybridized carbons (Fsp3) is 0. The van der Waals surface area contributed by atoms with E-state index in [0.717, 1.165) is 22.1 Å². The Hall–Kier alpha value is -2.55. The molecule has 3 rings (SSSR count). The molecule has 0 amide bonds. The SMILES string of the molecule is Oc1cccc2cc(Nc3ccc(F)cc3)ccc12. The summed E-state index contributed by atoms with van der Waals surface area (Å²) in [6, 6.07) is 17.3. The quantitative estimate of drug-likeness (QED) is 0.708. The maximum atomic E-state index is 12.8. The Labute approximate surface area is 110 Å². The topological polar surface area (TPSA) is 32.3 Å². The summed E-state index contributed by atoms with van der Waals surface area (Å²) in [6.07, 6.45) is 0. The number of nitrogens with one attached hydrogen (secondary N) is 1. The molecule has 0 aromatic heterocycles. The maximum absolute atomic E-state index is 12.8. The van der Waals surface area contributed by atoms with Gasteiger partial charge in [-0.2, -0.15) is 0 Å². The molecule has 2 nitrogen and oxygen atoms in total. The van der Waals surface area contributed by atoms with Gasteiger partial charge >= 0.3 is 0 Å². The highest BCUT2D eigenvalue weighted by Crippen LogP contribution is 2.28. The average Bonchev–Trinajstić information content (AvgIpc) is 2.42. The molecule has 0 spiro atoms. The van der Waals surface area contributed by atoms with Crippen molar-refractivity contribution < 1.29 is 9.50 Å². The highest BCUT2D eigenvalue weighted by molar-refractivity contribution is 5.91. The van der Waals surface area contributed by atoms with E-state index in [1.54, 1.807) is 24.3 Å². The van der Waals surface area contributed by atoms with Crippen LogP contribution in [0.3, 0.4) is 0 Å². The molecule has 0 aliphatic heterocycles. The zero-order valence-corrected chi connectivity index (χ0v) is 10.1. The van der Waals surface area contributed by atoms with Crippen LogP contribution in [0.2, 0.25) is 0 Å². The first-order valence-corrected chi connectivity index (χ1v) is 5.97. The van der Waals surface area contributed by atoms with Crippen molar-refractivity contribution in [2.75, 3.05) is 5.32 Å². The second-order valence-corrected chi connectivity index (χ2v) is 4.34. The molecule has 0 radical (unpaired) electrons. The number of aromatic hydroxyl groups is 1. The molecule has 0 fully saturated rings. The third-order valence-corrected chi connectivity index (χ3v) is 2.99. The molecule has 0 saturated heterocycles. The van der Waals surface area contributed by atoms with E-state index in [0.29, 0.717) is 0 Å². The van der Waals surface area contributed by atoms with Crippen molar-refractivity contribution in [2.24, 2.45) is 0 Å². The number of rotatable bonds is 2. The van der Waals surface area contributed by atoms with Crippen molar-refractivity contribution in [3.8, 4) is 5.75 Å². The van der Waals surface area contributed by atoms with Crippen molar-refractivity contribution >= 4 is 22.1 Å². The second kappa shape index (κ2) is 4.61. The number of benzene rings is 3. The van der Waals surface area contributed by atoms with E-state index in [1.807, 2.05) is 24.3 Å². The number of fused-ring (bicyclic) bond motifs is 1. The van der Waals surface area contributed by atoms with E-state index < -0.39 is 0 Å². The Morgan fingerprint density at radius 1 is 0.842 bits per heavy atom. The highest BCUT2D eigenvalue weighted by atomic mass is 19.1. The molecular weight excluding hydrogens is 241 g/mol. The monoisotopic (exact) mass is 253 g/mol. The predicted molar refractivity (Wildman–Crippen MR) is 75.3 cm³/mol. The predicted octanol–water partition coefficient (Wildman–Crippen LogP) is 4.43. The van der Waals surface area contributed by atoms with Gasteiger partial charge < -0.3 is 10.4 Å². The van der Waals surface area contributed by atoms with Gasteiger partial charge in [-0.1, -0.05) is 12.1 Å². The van der Waals surface area contributed by atoms with E-state index in [2.05, 4.69) is 5.32 Å². The molecular formula is C16H12FNO. The molecule has 0 saturated carbocycles. The maximum Gasteiger partial charge on any atom is 0.123 e. The van der Waals surface area contributed by atoms with Gasteiger partial charge in [-0.05, 0) is 53.9 Å². The summed E-state index contributed by atoms with van der Waals surface area (Å²) in [5, 5.41) is 14.7. The van der Waals surface area contributed by atoms with E-state index in [9.17, 15) is 9.50 Å². The standard InChI is InChI=1S/C16H12FNO/c17-12-4-6-13(7-5-12)18-14-8-9-15-11(10-14)2-1-3-16(15)19/h1-10,18-19H. The van der Waals surface area contributed by atoms with E-state index >= 15 is 0 Å². The van der Waals surface area contributed by atoms with Gasteiger partial charge in [0, 0.05) is 16.8 Å². The van der Waals surface area contributed by atoms with Crippen molar-refractivity contribution in [1.82, 2.24) is 0 Å². The Morgan fingerprint density at radius 3 is 2.37 bits per heavy atom. The minimum absolute atomic E-state index is 0.256. The Bertz CT molecular complexity index is 722.